The smallest absolute Gasteiger partial charge is 0.246 e. The van der Waals surface area contributed by atoms with Gasteiger partial charge in [0.2, 0.25) is 11.8 Å². The second-order valence-electron chi connectivity index (χ2n) is 9.15. The highest BCUT2D eigenvalue weighted by molar-refractivity contribution is 7.98. The van der Waals surface area contributed by atoms with Crippen LogP contribution in [-0.4, -0.2) is 57.4 Å². The van der Waals surface area contributed by atoms with Gasteiger partial charge < -0.3 is 14.8 Å². The maximum absolute atomic E-state index is 12.7. The third-order valence-electron chi connectivity index (χ3n) is 6.88. The molecule has 34 heavy (non-hydrogen) atoms. The SMILES string of the molecule is CSc1nnc(CCCNC(=O)C2CCN(C(=O)/C=C/c3ccccc3)CC2)n1C1CCCC1. The third kappa shape index (κ3) is 6.29. The van der Waals surface area contributed by atoms with E-state index in [2.05, 4.69) is 26.3 Å². The van der Waals surface area contributed by atoms with E-state index < -0.39 is 0 Å². The van der Waals surface area contributed by atoms with Crippen molar-refractivity contribution < 1.29 is 9.59 Å². The molecule has 1 aromatic heterocycles. The number of nitrogens with one attached hydrogen (secondary N) is 1. The number of carbonyl (C=O) groups is 2. The monoisotopic (exact) mass is 481 g/mol. The van der Waals surface area contributed by atoms with E-state index in [1.165, 1.54) is 25.7 Å². The van der Waals surface area contributed by atoms with Crippen LogP contribution in [0.15, 0.2) is 41.6 Å². The molecule has 2 aliphatic rings. The fourth-order valence-corrected chi connectivity index (χ4v) is 5.52. The number of piperidine rings is 1. The minimum Gasteiger partial charge on any atom is -0.356 e. The van der Waals surface area contributed by atoms with Gasteiger partial charge in [-0.2, -0.15) is 0 Å². The Morgan fingerprint density at radius 3 is 2.53 bits per heavy atom. The Hall–Kier alpha value is -2.61. The van der Waals surface area contributed by atoms with Gasteiger partial charge in [-0.15, -0.1) is 10.2 Å². The van der Waals surface area contributed by atoms with E-state index in [1.807, 2.05) is 41.3 Å². The molecule has 1 aliphatic carbocycles. The summed E-state index contributed by atoms with van der Waals surface area (Å²) in [6.45, 7) is 1.89. The summed E-state index contributed by atoms with van der Waals surface area (Å²) in [4.78, 5) is 27.0. The van der Waals surface area contributed by atoms with E-state index in [4.69, 9.17) is 0 Å². The Kier molecular flexibility index (Phi) is 8.79. The topological polar surface area (TPSA) is 80.1 Å². The first-order chi connectivity index (χ1) is 16.7. The minimum absolute atomic E-state index is 0.0127. The number of benzene rings is 1. The van der Waals surface area contributed by atoms with Crippen molar-refractivity contribution in [3.05, 3.63) is 47.8 Å². The molecule has 1 N–H and O–H groups in total. The maximum atomic E-state index is 12.7. The van der Waals surface area contributed by atoms with Gasteiger partial charge in [-0.3, -0.25) is 9.59 Å². The molecule has 0 radical (unpaired) electrons. The summed E-state index contributed by atoms with van der Waals surface area (Å²) in [6.07, 6.45) is 13.6. The average Bonchev–Trinajstić information content (AvgIpc) is 3.55. The molecule has 2 aromatic rings. The second-order valence-corrected chi connectivity index (χ2v) is 9.92. The zero-order chi connectivity index (χ0) is 23.8. The maximum Gasteiger partial charge on any atom is 0.246 e. The van der Waals surface area contributed by atoms with Crippen LogP contribution in [0.1, 0.15) is 62.4 Å². The summed E-state index contributed by atoms with van der Waals surface area (Å²) in [7, 11) is 0. The molecule has 8 heteroatoms. The Morgan fingerprint density at radius 1 is 1.09 bits per heavy atom. The normalized spacial score (nSPS) is 17.5. The molecular weight excluding hydrogens is 446 g/mol. The second kappa shape index (κ2) is 12.2. The van der Waals surface area contributed by atoms with Gasteiger partial charge in [-0.25, -0.2) is 0 Å². The number of hydrogen-bond donors (Lipinski definition) is 1. The van der Waals surface area contributed by atoms with E-state index in [1.54, 1.807) is 17.8 Å². The van der Waals surface area contributed by atoms with Gasteiger partial charge in [0.1, 0.15) is 5.82 Å². The van der Waals surface area contributed by atoms with Gasteiger partial charge in [0, 0.05) is 44.1 Å². The van der Waals surface area contributed by atoms with E-state index in [-0.39, 0.29) is 17.7 Å². The first kappa shape index (κ1) is 24.5. The summed E-state index contributed by atoms with van der Waals surface area (Å²) < 4.78 is 2.33. The molecule has 0 spiro atoms. The van der Waals surface area contributed by atoms with Crippen molar-refractivity contribution in [1.29, 1.82) is 0 Å². The molecule has 182 valence electrons. The first-order valence-corrected chi connectivity index (χ1v) is 13.7. The van der Waals surface area contributed by atoms with Crippen molar-refractivity contribution in [2.24, 2.45) is 5.92 Å². The van der Waals surface area contributed by atoms with Crippen molar-refractivity contribution >= 4 is 29.7 Å². The van der Waals surface area contributed by atoms with Crippen LogP contribution in [0.25, 0.3) is 6.08 Å². The number of thioether (sulfide) groups is 1. The lowest BCUT2D eigenvalue weighted by Crippen LogP contribution is -2.42. The number of nitrogens with zero attached hydrogens (tertiary/aromatic N) is 4. The largest absolute Gasteiger partial charge is 0.356 e. The standard InChI is InChI=1S/C26H35N5O2S/c1-34-26-29-28-23(31(26)22-10-5-6-11-22)12-7-17-27-25(33)21-15-18-30(19-16-21)24(32)14-13-20-8-3-2-4-9-20/h2-4,8-9,13-14,21-22H,5-7,10-12,15-19H2,1H3,(H,27,33)/b14-13+. The van der Waals surface area contributed by atoms with E-state index in [0.717, 1.165) is 29.4 Å². The molecule has 7 nitrogen and oxygen atoms in total. The van der Waals surface area contributed by atoms with Gasteiger partial charge >= 0.3 is 0 Å². The van der Waals surface area contributed by atoms with Gasteiger partial charge in [-0.1, -0.05) is 54.9 Å². The molecule has 1 aromatic carbocycles. The van der Waals surface area contributed by atoms with Crippen LogP contribution < -0.4 is 5.32 Å². The molecule has 4 rings (SSSR count). The van der Waals surface area contributed by atoms with E-state index in [0.29, 0.717) is 38.5 Å². The minimum atomic E-state index is -0.0209. The zero-order valence-corrected chi connectivity index (χ0v) is 20.8. The Morgan fingerprint density at radius 2 is 1.82 bits per heavy atom. The number of aryl methyl sites for hydroxylation is 1. The van der Waals surface area contributed by atoms with Crippen molar-refractivity contribution in [3.8, 4) is 0 Å². The Bertz CT molecular complexity index is 976. The van der Waals surface area contributed by atoms with Crippen LogP contribution in [0.5, 0.6) is 0 Å². The highest BCUT2D eigenvalue weighted by Crippen LogP contribution is 2.33. The molecule has 0 atom stereocenters. The van der Waals surface area contributed by atoms with Crippen LogP contribution in [-0.2, 0) is 16.0 Å². The highest BCUT2D eigenvalue weighted by Gasteiger charge is 2.27. The molecule has 0 unspecified atom stereocenters. The Balaban J connectivity index is 1.18. The van der Waals surface area contributed by atoms with Gasteiger partial charge in [0.05, 0.1) is 0 Å². The number of amides is 2. The first-order valence-electron chi connectivity index (χ1n) is 12.4. The molecule has 1 aliphatic heterocycles. The fraction of sp³-hybridized carbons (Fsp3) is 0.538. The van der Waals surface area contributed by atoms with Gasteiger partial charge in [0.15, 0.2) is 5.16 Å². The summed E-state index contributed by atoms with van der Waals surface area (Å²) >= 11 is 1.66. The van der Waals surface area contributed by atoms with E-state index >= 15 is 0 Å². The summed E-state index contributed by atoms with van der Waals surface area (Å²) in [5.74, 6) is 1.14. The van der Waals surface area contributed by atoms with Crippen LogP contribution in [0.3, 0.4) is 0 Å². The lowest BCUT2D eigenvalue weighted by molar-refractivity contribution is -0.132. The number of hydrogen-bond acceptors (Lipinski definition) is 5. The average molecular weight is 482 g/mol. The molecule has 2 amide bonds. The number of aromatic nitrogens is 3. The number of likely N-dealkylation sites (tertiary alicyclic amines) is 1. The number of carbonyl (C=O) groups excluding carboxylic acids is 2. The van der Waals surface area contributed by atoms with E-state index in [9.17, 15) is 9.59 Å². The third-order valence-corrected chi connectivity index (χ3v) is 7.52. The van der Waals surface area contributed by atoms with Crippen LogP contribution in [0.2, 0.25) is 0 Å². The molecular formula is C26H35N5O2S. The van der Waals surface area contributed by atoms with Gasteiger partial charge in [0.25, 0.3) is 0 Å². The predicted octanol–water partition coefficient (Wildman–Crippen LogP) is 4.12. The molecule has 1 saturated carbocycles. The predicted molar refractivity (Wildman–Crippen MR) is 135 cm³/mol. The fourth-order valence-electron chi connectivity index (χ4n) is 4.95. The van der Waals surface area contributed by atoms with Crippen molar-refractivity contribution in [1.82, 2.24) is 25.0 Å². The quantitative estimate of drug-likeness (QED) is 0.331. The van der Waals surface area contributed by atoms with Gasteiger partial charge in [-0.05, 0) is 50.0 Å². The lowest BCUT2D eigenvalue weighted by Gasteiger charge is -2.30. The molecule has 2 fully saturated rings. The van der Waals surface area contributed by atoms with Crippen LogP contribution >= 0.6 is 11.8 Å². The van der Waals surface area contributed by atoms with Crippen molar-refractivity contribution in [3.63, 3.8) is 0 Å². The lowest BCUT2D eigenvalue weighted by atomic mass is 9.95. The van der Waals surface area contributed by atoms with Crippen LogP contribution in [0, 0.1) is 5.92 Å². The van der Waals surface area contributed by atoms with Crippen molar-refractivity contribution in [2.75, 3.05) is 25.9 Å². The highest BCUT2D eigenvalue weighted by atomic mass is 32.2. The Labute approximate surface area is 206 Å². The van der Waals surface area contributed by atoms with Crippen molar-refractivity contribution in [2.45, 2.75) is 62.6 Å². The zero-order valence-electron chi connectivity index (χ0n) is 20.0. The summed E-state index contributed by atoms with van der Waals surface area (Å²) in [6, 6.07) is 10.3. The number of rotatable bonds is 9. The summed E-state index contributed by atoms with van der Waals surface area (Å²) in [5, 5.41) is 12.9. The van der Waals surface area contributed by atoms with Crippen LogP contribution in [0.4, 0.5) is 0 Å². The molecule has 1 saturated heterocycles. The summed E-state index contributed by atoms with van der Waals surface area (Å²) in [5.41, 5.74) is 1.01. The molecule has 0 bridgehead atoms. The molecule has 2 heterocycles.